The van der Waals surface area contributed by atoms with E-state index >= 15 is 0 Å². The molecule has 0 spiro atoms. The van der Waals surface area contributed by atoms with Crippen LogP contribution >= 0.6 is 15.9 Å². The molecule has 0 fully saturated rings. The maximum Gasteiger partial charge on any atom is 0.129 e. The molecule has 1 nitrogen and oxygen atoms in total. The fraction of sp³-hybridized carbons (Fsp3) is 0.455. The van der Waals surface area contributed by atoms with Crippen LogP contribution in [0.15, 0.2) is 18.2 Å². The summed E-state index contributed by atoms with van der Waals surface area (Å²) >= 11 is 3.24. The molecule has 84 valence electrons. The lowest BCUT2D eigenvalue weighted by atomic mass is 9.84. The summed E-state index contributed by atoms with van der Waals surface area (Å²) in [7, 11) is 0. The SMILES string of the molecule is CC(C)(CNCBr)c1ccc(F)cc1F. The van der Waals surface area contributed by atoms with Crippen molar-refractivity contribution in [2.45, 2.75) is 19.3 Å². The summed E-state index contributed by atoms with van der Waals surface area (Å²) in [5, 5.41) is 3.09. The monoisotopic (exact) mass is 277 g/mol. The first-order chi connectivity index (χ1) is 6.97. The number of hydrogen-bond acceptors (Lipinski definition) is 1. The Morgan fingerprint density at radius 1 is 1.33 bits per heavy atom. The molecule has 0 unspecified atom stereocenters. The fourth-order valence-corrected chi connectivity index (χ4v) is 1.69. The zero-order valence-corrected chi connectivity index (χ0v) is 10.4. The first-order valence-electron chi connectivity index (χ1n) is 4.69. The zero-order chi connectivity index (χ0) is 11.5. The van der Waals surface area contributed by atoms with E-state index in [1.807, 2.05) is 13.8 Å². The van der Waals surface area contributed by atoms with Crippen molar-refractivity contribution in [1.29, 1.82) is 0 Å². The van der Waals surface area contributed by atoms with E-state index < -0.39 is 11.6 Å². The van der Waals surface area contributed by atoms with Gasteiger partial charge >= 0.3 is 0 Å². The Labute approximate surface area is 97.0 Å². The summed E-state index contributed by atoms with van der Waals surface area (Å²) < 4.78 is 26.2. The quantitative estimate of drug-likeness (QED) is 0.659. The molecule has 0 saturated carbocycles. The van der Waals surface area contributed by atoms with Crippen LogP contribution in [0.25, 0.3) is 0 Å². The Morgan fingerprint density at radius 2 is 2.00 bits per heavy atom. The molecule has 0 bridgehead atoms. The molecule has 15 heavy (non-hydrogen) atoms. The molecule has 1 aromatic carbocycles. The van der Waals surface area contributed by atoms with Gasteiger partial charge in [0.1, 0.15) is 11.6 Å². The highest BCUT2D eigenvalue weighted by atomic mass is 79.9. The Bertz CT molecular complexity index is 339. The average molecular weight is 278 g/mol. The van der Waals surface area contributed by atoms with Crippen LogP contribution in [-0.4, -0.2) is 12.0 Å². The maximum atomic E-state index is 13.5. The van der Waals surface area contributed by atoms with E-state index in [4.69, 9.17) is 0 Å². The first kappa shape index (κ1) is 12.6. The Morgan fingerprint density at radius 3 is 2.53 bits per heavy atom. The van der Waals surface area contributed by atoms with Crippen molar-refractivity contribution in [3.8, 4) is 0 Å². The lowest BCUT2D eigenvalue weighted by Gasteiger charge is -2.25. The molecule has 0 aliphatic heterocycles. The molecule has 4 heteroatoms. The molecule has 0 heterocycles. The van der Waals surface area contributed by atoms with Gasteiger partial charge in [0.2, 0.25) is 0 Å². The third-order valence-electron chi connectivity index (χ3n) is 2.32. The number of benzene rings is 1. The predicted molar refractivity (Wildman–Crippen MR) is 61.2 cm³/mol. The molecule has 1 rings (SSSR count). The number of rotatable bonds is 4. The summed E-state index contributed by atoms with van der Waals surface area (Å²) in [6, 6.07) is 3.71. The van der Waals surface area contributed by atoms with Gasteiger partial charge < -0.3 is 5.32 Å². The van der Waals surface area contributed by atoms with Crippen molar-refractivity contribution in [3.05, 3.63) is 35.4 Å². The van der Waals surface area contributed by atoms with Crippen molar-refractivity contribution in [3.63, 3.8) is 0 Å². The Hall–Kier alpha value is -0.480. The minimum atomic E-state index is -0.541. The highest BCUT2D eigenvalue weighted by Crippen LogP contribution is 2.25. The summed E-state index contributed by atoms with van der Waals surface area (Å²) in [6.45, 7) is 4.46. The summed E-state index contributed by atoms with van der Waals surface area (Å²) in [6.07, 6.45) is 0. The molecule has 0 atom stereocenters. The molecule has 0 aliphatic rings. The van der Waals surface area contributed by atoms with Gasteiger partial charge in [0.15, 0.2) is 0 Å². The maximum absolute atomic E-state index is 13.5. The molecule has 0 saturated heterocycles. The number of halogens is 3. The Kier molecular flexibility index (Phi) is 4.22. The van der Waals surface area contributed by atoms with E-state index in [2.05, 4.69) is 21.2 Å². The molecular formula is C11H14BrF2N. The van der Waals surface area contributed by atoms with Crippen LogP contribution < -0.4 is 5.32 Å². The van der Waals surface area contributed by atoms with Crippen molar-refractivity contribution in [2.75, 3.05) is 12.0 Å². The minimum absolute atomic E-state index is 0.356. The van der Waals surface area contributed by atoms with Crippen LogP contribution in [-0.2, 0) is 5.41 Å². The standard InChI is InChI=1S/C11H14BrF2N/c1-11(2,6-15-7-12)9-4-3-8(13)5-10(9)14/h3-5,15H,6-7H2,1-2H3. The van der Waals surface area contributed by atoms with Crippen LogP contribution in [0.1, 0.15) is 19.4 Å². The van der Waals surface area contributed by atoms with E-state index in [0.717, 1.165) is 6.07 Å². The number of nitrogens with one attached hydrogen (secondary N) is 1. The normalized spacial score (nSPS) is 11.8. The van der Waals surface area contributed by atoms with E-state index in [0.29, 0.717) is 17.6 Å². The van der Waals surface area contributed by atoms with Crippen LogP contribution in [0.3, 0.4) is 0 Å². The summed E-state index contributed by atoms with van der Waals surface area (Å²) in [5.41, 5.74) is 0.822. The van der Waals surface area contributed by atoms with Gasteiger partial charge in [0.25, 0.3) is 0 Å². The van der Waals surface area contributed by atoms with Crippen LogP contribution in [0, 0.1) is 11.6 Å². The van der Waals surface area contributed by atoms with Crippen molar-refractivity contribution in [1.82, 2.24) is 5.32 Å². The van der Waals surface area contributed by atoms with Crippen molar-refractivity contribution < 1.29 is 8.78 Å². The third-order valence-corrected chi connectivity index (χ3v) is 2.72. The highest BCUT2D eigenvalue weighted by Gasteiger charge is 2.23. The van der Waals surface area contributed by atoms with Gasteiger partial charge in [-0.3, -0.25) is 0 Å². The van der Waals surface area contributed by atoms with Gasteiger partial charge in [-0.15, -0.1) is 0 Å². The van der Waals surface area contributed by atoms with Crippen LogP contribution in [0.2, 0.25) is 0 Å². The van der Waals surface area contributed by atoms with E-state index in [9.17, 15) is 8.78 Å². The van der Waals surface area contributed by atoms with E-state index in [-0.39, 0.29) is 5.41 Å². The second-order valence-electron chi connectivity index (χ2n) is 4.07. The molecule has 1 aromatic rings. The molecule has 0 amide bonds. The largest absolute Gasteiger partial charge is 0.306 e. The molecular weight excluding hydrogens is 264 g/mol. The lowest BCUT2D eigenvalue weighted by Crippen LogP contribution is -2.33. The van der Waals surface area contributed by atoms with Crippen LogP contribution in [0.5, 0.6) is 0 Å². The van der Waals surface area contributed by atoms with Crippen LogP contribution in [0.4, 0.5) is 8.78 Å². The molecule has 1 N–H and O–H groups in total. The van der Waals surface area contributed by atoms with Gasteiger partial charge in [0.05, 0.1) is 5.45 Å². The van der Waals surface area contributed by atoms with E-state index in [1.165, 1.54) is 12.1 Å². The smallest absolute Gasteiger partial charge is 0.129 e. The summed E-state index contributed by atoms with van der Waals surface area (Å²) in [4.78, 5) is 0. The van der Waals surface area contributed by atoms with Gasteiger partial charge in [0, 0.05) is 18.0 Å². The first-order valence-corrected chi connectivity index (χ1v) is 5.82. The number of hydrogen-bond donors (Lipinski definition) is 1. The average Bonchev–Trinajstić information content (AvgIpc) is 2.14. The summed E-state index contributed by atoms with van der Waals surface area (Å²) in [5.74, 6) is -1.03. The Balaban J connectivity index is 2.93. The van der Waals surface area contributed by atoms with E-state index in [1.54, 1.807) is 0 Å². The molecule has 0 aliphatic carbocycles. The highest BCUT2D eigenvalue weighted by molar-refractivity contribution is 9.09. The number of alkyl halides is 1. The van der Waals surface area contributed by atoms with Gasteiger partial charge in [-0.1, -0.05) is 35.8 Å². The fourth-order valence-electron chi connectivity index (χ4n) is 1.49. The second kappa shape index (κ2) is 5.03. The minimum Gasteiger partial charge on any atom is -0.306 e. The molecule has 0 radical (unpaired) electrons. The second-order valence-corrected chi connectivity index (χ2v) is 4.63. The van der Waals surface area contributed by atoms with Crippen molar-refractivity contribution >= 4 is 15.9 Å². The predicted octanol–water partition coefficient (Wildman–Crippen LogP) is 3.18. The van der Waals surface area contributed by atoms with Crippen molar-refractivity contribution in [2.24, 2.45) is 0 Å². The van der Waals surface area contributed by atoms with Gasteiger partial charge in [-0.2, -0.15) is 0 Å². The topological polar surface area (TPSA) is 12.0 Å². The van der Waals surface area contributed by atoms with Gasteiger partial charge in [-0.25, -0.2) is 8.78 Å². The lowest BCUT2D eigenvalue weighted by molar-refractivity contribution is 0.456. The third kappa shape index (κ3) is 3.24. The zero-order valence-electron chi connectivity index (χ0n) is 8.78. The molecule has 0 aromatic heterocycles. The van der Waals surface area contributed by atoms with Gasteiger partial charge in [-0.05, 0) is 11.6 Å².